The number of hydrogen-bond donors (Lipinski definition) is 2. The molecule has 0 fully saturated rings. The average Bonchev–Trinajstić information content (AvgIpc) is 2.50. The topological polar surface area (TPSA) is 79.7 Å². The maximum atomic E-state index is 10.5. The third-order valence-electron chi connectivity index (χ3n) is 1.63. The Bertz CT molecular complexity index is 306. The number of hydrogen-bond acceptors (Lipinski definition) is 4. The number of nitrogens with two attached hydrogens (primary N) is 1. The fourth-order valence-electron chi connectivity index (χ4n) is 0.871. The Hall–Kier alpha value is -1.49. The Morgan fingerprint density at radius 1 is 1.62 bits per heavy atom. The van der Waals surface area contributed by atoms with Crippen molar-refractivity contribution >= 4 is 11.9 Å². The van der Waals surface area contributed by atoms with Crippen LogP contribution >= 0.6 is 0 Å². The molecule has 0 aliphatic carbocycles. The quantitative estimate of drug-likeness (QED) is 0.712. The van der Waals surface area contributed by atoms with Gasteiger partial charge in [0.15, 0.2) is 11.9 Å². The van der Waals surface area contributed by atoms with Crippen LogP contribution in [0, 0.1) is 0 Å². The van der Waals surface area contributed by atoms with Gasteiger partial charge in [-0.1, -0.05) is 0 Å². The molecule has 0 unspecified atom stereocenters. The second-order valence-corrected chi connectivity index (χ2v) is 2.89. The fourth-order valence-corrected chi connectivity index (χ4v) is 0.871. The zero-order valence-electron chi connectivity index (χ0n) is 7.52. The van der Waals surface area contributed by atoms with Crippen LogP contribution < -0.4 is 10.6 Å². The summed E-state index contributed by atoms with van der Waals surface area (Å²) in [7, 11) is 3.60. The number of furan rings is 1. The van der Waals surface area contributed by atoms with Crippen LogP contribution in [0.3, 0.4) is 0 Å². The molecule has 5 heteroatoms. The van der Waals surface area contributed by atoms with Crippen molar-refractivity contribution in [2.75, 3.05) is 19.0 Å². The van der Waals surface area contributed by atoms with Crippen LogP contribution in [0.25, 0.3) is 0 Å². The van der Waals surface area contributed by atoms with Gasteiger partial charge in [-0.2, -0.15) is 0 Å². The number of aliphatic carboxylic acids is 1. The highest BCUT2D eigenvalue weighted by Crippen LogP contribution is 2.20. The van der Waals surface area contributed by atoms with E-state index in [0.29, 0.717) is 5.88 Å². The lowest BCUT2D eigenvalue weighted by Crippen LogP contribution is -2.19. The number of anilines is 1. The zero-order valence-corrected chi connectivity index (χ0v) is 7.52. The maximum absolute atomic E-state index is 10.5. The second kappa shape index (κ2) is 3.49. The Morgan fingerprint density at radius 3 is 2.62 bits per heavy atom. The van der Waals surface area contributed by atoms with Crippen molar-refractivity contribution in [2.24, 2.45) is 5.73 Å². The summed E-state index contributed by atoms with van der Waals surface area (Å²) in [6, 6.07) is 2.15. The third kappa shape index (κ3) is 2.00. The van der Waals surface area contributed by atoms with Crippen LogP contribution in [0.4, 0.5) is 5.88 Å². The Kier molecular flexibility index (Phi) is 2.57. The first-order chi connectivity index (χ1) is 6.02. The van der Waals surface area contributed by atoms with E-state index in [1.165, 1.54) is 0 Å². The average molecular weight is 184 g/mol. The second-order valence-electron chi connectivity index (χ2n) is 2.89. The standard InChI is InChI=1S/C8H12N2O3/c1-10(2)6-4-3-5(13-6)7(9)8(11)12/h3-4,7H,9H2,1-2H3,(H,11,12)/t7-/m0/s1. The number of rotatable bonds is 3. The smallest absolute Gasteiger partial charge is 0.328 e. The molecule has 72 valence electrons. The highest BCUT2D eigenvalue weighted by molar-refractivity contribution is 5.74. The van der Waals surface area contributed by atoms with E-state index >= 15 is 0 Å². The molecule has 13 heavy (non-hydrogen) atoms. The van der Waals surface area contributed by atoms with Crippen LogP contribution in [0.5, 0.6) is 0 Å². The predicted molar refractivity (Wildman–Crippen MR) is 47.6 cm³/mol. The molecule has 5 nitrogen and oxygen atoms in total. The third-order valence-corrected chi connectivity index (χ3v) is 1.63. The molecule has 0 aliphatic rings. The van der Waals surface area contributed by atoms with Crippen molar-refractivity contribution in [3.63, 3.8) is 0 Å². The summed E-state index contributed by atoms with van der Waals surface area (Å²) in [4.78, 5) is 12.2. The molecule has 0 bridgehead atoms. The summed E-state index contributed by atoms with van der Waals surface area (Å²) in [6.45, 7) is 0. The molecule has 0 saturated heterocycles. The van der Waals surface area contributed by atoms with Crippen molar-refractivity contribution in [2.45, 2.75) is 6.04 Å². The first-order valence-electron chi connectivity index (χ1n) is 3.78. The highest BCUT2D eigenvalue weighted by Gasteiger charge is 2.18. The number of carboxylic acids is 1. The normalized spacial score (nSPS) is 12.5. The van der Waals surface area contributed by atoms with Crippen molar-refractivity contribution < 1.29 is 14.3 Å². The van der Waals surface area contributed by atoms with Gasteiger partial charge < -0.3 is 20.2 Å². The molecule has 0 aromatic carbocycles. The molecule has 1 atom stereocenters. The van der Waals surface area contributed by atoms with Crippen LogP contribution in [0.1, 0.15) is 11.8 Å². The van der Waals surface area contributed by atoms with Crippen LogP contribution in [-0.2, 0) is 4.79 Å². The first-order valence-corrected chi connectivity index (χ1v) is 3.78. The molecule has 0 radical (unpaired) electrons. The molecule has 3 N–H and O–H groups in total. The van der Waals surface area contributed by atoms with E-state index in [2.05, 4.69) is 0 Å². The van der Waals surface area contributed by atoms with E-state index in [4.69, 9.17) is 15.3 Å². The lowest BCUT2D eigenvalue weighted by molar-refractivity contribution is -0.139. The van der Waals surface area contributed by atoms with E-state index < -0.39 is 12.0 Å². The Balaban J connectivity index is 2.85. The molecular formula is C8H12N2O3. The van der Waals surface area contributed by atoms with Crippen molar-refractivity contribution in [3.8, 4) is 0 Å². The molecular weight excluding hydrogens is 172 g/mol. The minimum atomic E-state index is -1.10. The molecule has 1 aromatic rings. The van der Waals surface area contributed by atoms with Crippen molar-refractivity contribution in [3.05, 3.63) is 17.9 Å². The van der Waals surface area contributed by atoms with Crippen LogP contribution in [0.2, 0.25) is 0 Å². The van der Waals surface area contributed by atoms with Gasteiger partial charge >= 0.3 is 5.97 Å². The van der Waals surface area contributed by atoms with Gasteiger partial charge in [0.1, 0.15) is 5.76 Å². The van der Waals surface area contributed by atoms with Gasteiger partial charge in [0, 0.05) is 20.2 Å². The lowest BCUT2D eigenvalue weighted by atomic mass is 10.2. The SMILES string of the molecule is CN(C)c1ccc([C@H](N)C(=O)O)o1. The Morgan fingerprint density at radius 2 is 2.23 bits per heavy atom. The fraction of sp³-hybridized carbons (Fsp3) is 0.375. The van der Waals surface area contributed by atoms with E-state index in [9.17, 15) is 4.79 Å². The van der Waals surface area contributed by atoms with Gasteiger partial charge in [0.05, 0.1) is 0 Å². The van der Waals surface area contributed by atoms with E-state index in [1.807, 2.05) is 0 Å². The van der Waals surface area contributed by atoms with Crippen molar-refractivity contribution in [1.29, 1.82) is 0 Å². The molecule has 0 saturated carbocycles. The maximum Gasteiger partial charge on any atom is 0.328 e. The summed E-state index contributed by atoms with van der Waals surface area (Å²) in [5.74, 6) is -0.248. The minimum absolute atomic E-state index is 0.260. The molecule has 1 rings (SSSR count). The molecule has 0 amide bonds. The number of nitrogens with zero attached hydrogens (tertiary/aromatic N) is 1. The summed E-state index contributed by atoms with van der Waals surface area (Å²) < 4.78 is 5.19. The highest BCUT2D eigenvalue weighted by atomic mass is 16.4. The lowest BCUT2D eigenvalue weighted by Gasteiger charge is -2.07. The largest absolute Gasteiger partial charge is 0.480 e. The molecule has 0 spiro atoms. The van der Waals surface area contributed by atoms with Gasteiger partial charge in [-0.15, -0.1) is 0 Å². The summed E-state index contributed by atoms with van der Waals surface area (Å²) in [6.07, 6.45) is 0. The van der Waals surface area contributed by atoms with E-state index in [-0.39, 0.29) is 5.76 Å². The van der Waals surface area contributed by atoms with Crippen LogP contribution in [0.15, 0.2) is 16.5 Å². The Labute approximate surface area is 75.7 Å². The summed E-state index contributed by atoms with van der Waals surface area (Å²) in [5.41, 5.74) is 5.34. The molecule has 1 aromatic heterocycles. The predicted octanol–water partition coefficient (Wildman–Crippen LogP) is 0.430. The van der Waals surface area contributed by atoms with Gasteiger partial charge in [0.25, 0.3) is 0 Å². The zero-order chi connectivity index (χ0) is 10.0. The van der Waals surface area contributed by atoms with Gasteiger partial charge in [-0.25, -0.2) is 0 Å². The van der Waals surface area contributed by atoms with Gasteiger partial charge in [-0.05, 0) is 6.07 Å². The van der Waals surface area contributed by atoms with Crippen LogP contribution in [-0.4, -0.2) is 25.2 Å². The summed E-state index contributed by atoms with van der Waals surface area (Å²) >= 11 is 0. The van der Waals surface area contributed by atoms with E-state index in [1.54, 1.807) is 31.1 Å². The van der Waals surface area contributed by atoms with Crippen molar-refractivity contribution in [1.82, 2.24) is 0 Å². The first kappa shape index (κ1) is 9.60. The van der Waals surface area contributed by atoms with E-state index in [0.717, 1.165) is 0 Å². The molecule has 1 heterocycles. The molecule has 0 aliphatic heterocycles. The number of carbonyl (C=O) groups is 1. The number of carboxylic acid groups (broad SMARTS) is 1. The van der Waals surface area contributed by atoms with Gasteiger partial charge in [0.2, 0.25) is 0 Å². The summed E-state index contributed by atoms with van der Waals surface area (Å²) in [5, 5.41) is 8.58. The minimum Gasteiger partial charge on any atom is -0.480 e. The van der Waals surface area contributed by atoms with Gasteiger partial charge in [-0.3, -0.25) is 4.79 Å². The monoisotopic (exact) mass is 184 g/mol.